The average molecular weight is 212 g/mol. The number of carbonyl (C=O) groups is 1. The summed E-state index contributed by atoms with van der Waals surface area (Å²) in [6, 6.07) is 9.94. The van der Waals surface area contributed by atoms with E-state index in [0.29, 0.717) is 6.42 Å². The third kappa shape index (κ3) is 1.45. The van der Waals surface area contributed by atoms with Crippen molar-refractivity contribution >= 4 is 22.5 Å². The summed E-state index contributed by atoms with van der Waals surface area (Å²) >= 11 is 0. The summed E-state index contributed by atoms with van der Waals surface area (Å²) in [6.45, 7) is 0.831. The van der Waals surface area contributed by atoms with E-state index in [1.807, 2.05) is 35.2 Å². The Labute approximate surface area is 93.7 Å². The summed E-state index contributed by atoms with van der Waals surface area (Å²) in [5, 5.41) is 1.11. The largest absolute Gasteiger partial charge is 0.312 e. The van der Waals surface area contributed by atoms with Crippen LogP contribution in [0.5, 0.6) is 0 Å². The van der Waals surface area contributed by atoms with E-state index in [9.17, 15) is 4.79 Å². The minimum Gasteiger partial charge on any atom is -0.312 e. The van der Waals surface area contributed by atoms with E-state index in [1.54, 1.807) is 6.20 Å². The summed E-state index contributed by atoms with van der Waals surface area (Å²) in [5.74, 6) is 0.218. The Morgan fingerprint density at radius 2 is 2.19 bits per heavy atom. The van der Waals surface area contributed by atoms with Gasteiger partial charge in [-0.2, -0.15) is 0 Å². The summed E-state index contributed by atoms with van der Waals surface area (Å²) in [6.07, 6.45) is 3.40. The van der Waals surface area contributed by atoms with Crippen molar-refractivity contribution in [3.8, 4) is 0 Å². The van der Waals surface area contributed by atoms with E-state index in [-0.39, 0.29) is 5.91 Å². The molecule has 0 unspecified atom stereocenters. The smallest absolute Gasteiger partial charge is 0.227 e. The second kappa shape index (κ2) is 3.59. The number of amides is 1. The van der Waals surface area contributed by atoms with Crippen LogP contribution in [0.25, 0.3) is 10.9 Å². The van der Waals surface area contributed by atoms with Gasteiger partial charge in [0.25, 0.3) is 0 Å². The molecule has 2 aromatic rings. The zero-order chi connectivity index (χ0) is 11.0. The maximum atomic E-state index is 11.6. The molecule has 3 heteroatoms. The molecule has 1 amide bonds. The summed E-state index contributed by atoms with van der Waals surface area (Å²) < 4.78 is 0. The number of carbonyl (C=O) groups excluding carboxylic acids is 1. The zero-order valence-electron chi connectivity index (χ0n) is 8.89. The quantitative estimate of drug-likeness (QED) is 0.727. The molecule has 0 spiro atoms. The number of pyridine rings is 1. The molecular formula is C13H12N2O. The second-order valence-electron chi connectivity index (χ2n) is 4.03. The lowest BCUT2D eigenvalue weighted by Crippen LogP contribution is -2.23. The molecule has 1 aliphatic heterocycles. The topological polar surface area (TPSA) is 33.2 Å². The molecule has 1 aromatic heterocycles. The van der Waals surface area contributed by atoms with Gasteiger partial charge in [0.2, 0.25) is 5.91 Å². The van der Waals surface area contributed by atoms with Crippen LogP contribution >= 0.6 is 0 Å². The maximum absolute atomic E-state index is 11.6. The van der Waals surface area contributed by atoms with Gasteiger partial charge in [-0.25, -0.2) is 0 Å². The van der Waals surface area contributed by atoms with Crippen molar-refractivity contribution < 1.29 is 4.79 Å². The number of fused-ring (bicyclic) bond motifs is 1. The van der Waals surface area contributed by atoms with Gasteiger partial charge in [-0.05, 0) is 24.6 Å². The molecule has 1 fully saturated rings. The molecule has 0 radical (unpaired) electrons. The van der Waals surface area contributed by atoms with Crippen LogP contribution in [-0.2, 0) is 4.79 Å². The van der Waals surface area contributed by atoms with E-state index in [1.165, 1.54) is 0 Å². The van der Waals surface area contributed by atoms with Crippen molar-refractivity contribution in [2.75, 3.05) is 11.4 Å². The van der Waals surface area contributed by atoms with Crippen LogP contribution in [0.3, 0.4) is 0 Å². The Bertz CT molecular complexity index is 550. The van der Waals surface area contributed by atoms with Crippen molar-refractivity contribution in [1.29, 1.82) is 0 Å². The molecule has 16 heavy (non-hydrogen) atoms. The summed E-state index contributed by atoms with van der Waals surface area (Å²) in [4.78, 5) is 17.8. The van der Waals surface area contributed by atoms with Gasteiger partial charge in [-0.1, -0.05) is 12.1 Å². The highest BCUT2D eigenvalue weighted by atomic mass is 16.2. The molecule has 0 saturated carbocycles. The van der Waals surface area contributed by atoms with E-state index < -0.39 is 0 Å². The SMILES string of the molecule is O=C1CCCN1c1ccc2cccnc2c1. The molecule has 0 bridgehead atoms. The molecule has 1 aliphatic rings. The van der Waals surface area contributed by atoms with Crippen LogP contribution in [0.4, 0.5) is 5.69 Å². The standard InChI is InChI=1S/C13H12N2O/c16-13-4-2-8-15(13)11-6-5-10-3-1-7-14-12(10)9-11/h1,3,5-7,9H,2,4,8H2. The first-order valence-electron chi connectivity index (χ1n) is 5.50. The normalized spacial score (nSPS) is 16.0. The highest BCUT2D eigenvalue weighted by Gasteiger charge is 2.21. The number of hydrogen-bond donors (Lipinski definition) is 0. The van der Waals surface area contributed by atoms with Crippen LogP contribution < -0.4 is 4.90 Å². The van der Waals surface area contributed by atoms with Gasteiger partial charge < -0.3 is 4.90 Å². The maximum Gasteiger partial charge on any atom is 0.227 e. The van der Waals surface area contributed by atoms with Gasteiger partial charge in [-0.3, -0.25) is 9.78 Å². The third-order valence-electron chi connectivity index (χ3n) is 2.97. The second-order valence-corrected chi connectivity index (χ2v) is 4.03. The fourth-order valence-corrected chi connectivity index (χ4v) is 2.14. The van der Waals surface area contributed by atoms with E-state index >= 15 is 0 Å². The Kier molecular flexibility index (Phi) is 2.10. The van der Waals surface area contributed by atoms with Crippen molar-refractivity contribution in [3.05, 3.63) is 36.5 Å². The summed E-state index contributed by atoms with van der Waals surface area (Å²) in [7, 11) is 0. The highest BCUT2D eigenvalue weighted by molar-refractivity contribution is 5.97. The molecular weight excluding hydrogens is 200 g/mol. The van der Waals surface area contributed by atoms with Crippen molar-refractivity contribution in [2.45, 2.75) is 12.8 Å². The predicted molar refractivity (Wildman–Crippen MR) is 63.3 cm³/mol. The van der Waals surface area contributed by atoms with Crippen LogP contribution in [-0.4, -0.2) is 17.4 Å². The molecule has 3 rings (SSSR count). The fraction of sp³-hybridized carbons (Fsp3) is 0.231. The molecule has 2 heterocycles. The molecule has 1 aromatic carbocycles. The zero-order valence-corrected chi connectivity index (χ0v) is 8.89. The highest BCUT2D eigenvalue weighted by Crippen LogP contribution is 2.24. The van der Waals surface area contributed by atoms with E-state index in [2.05, 4.69) is 4.98 Å². The Morgan fingerprint density at radius 3 is 3.00 bits per heavy atom. The van der Waals surface area contributed by atoms with Crippen LogP contribution in [0.1, 0.15) is 12.8 Å². The lowest BCUT2D eigenvalue weighted by Gasteiger charge is -2.15. The average Bonchev–Trinajstić information content (AvgIpc) is 2.75. The molecule has 1 saturated heterocycles. The van der Waals surface area contributed by atoms with E-state index in [0.717, 1.165) is 29.6 Å². The minimum absolute atomic E-state index is 0.218. The third-order valence-corrected chi connectivity index (χ3v) is 2.97. The van der Waals surface area contributed by atoms with Crippen LogP contribution in [0, 0.1) is 0 Å². The first-order valence-corrected chi connectivity index (χ1v) is 5.50. The minimum atomic E-state index is 0.218. The van der Waals surface area contributed by atoms with Crippen LogP contribution in [0.15, 0.2) is 36.5 Å². The molecule has 0 atom stereocenters. The Morgan fingerprint density at radius 1 is 1.25 bits per heavy atom. The predicted octanol–water partition coefficient (Wildman–Crippen LogP) is 2.36. The fourth-order valence-electron chi connectivity index (χ4n) is 2.14. The van der Waals surface area contributed by atoms with E-state index in [4.69, 9.17) is 0 Å². The van der Waals surface area contributed by atoms with Gasteiger partial charge in [-0.15, -0.1) is 0 Å². The summed E-state index contributed by atoms with van der Waals surface area (Å²) in [5.41, 5.74) is 1.91. The molecule has 80 valence electrons. The van der Waals surface area contributed by atoms with Crippen molar-refractivity contribution in [3.63, 3.8) is 0 Å². The monoisotopic (exact) mass is 212 g/mol. The number of nitrogens with zero attached hydrogens (tertiary/aromatic N) is 2. The van der Waals surface area contributed by atoms with Gasteiger partial charge in [0.1, 0.15) is 0 Å². The number of benzene rings is 1. The first-order chi connectivity index (χ1) is 7.84. The van der Waals surface area contributed by atoms with Gasteiger partial charge in [0, 0.05) is 30.2 Å². The number of rotatable bonds is 1. The lowest BCUT2D eigenvalue weighted by molar-refractivity contribution is -0.117. The number of hydrogen-bond acceptors (Lipinski definition) is 2. The van der Waals surface area contributed by atoms with Gasteiger partial charge in [0.15, 0.2) is 0 Å². The van der Waals surface area contributed by atoms with Crippen molar-refractivity contribution in [1.82, 2.24) is 4.98 Å². The first kappa shape index (κ1) is 9.33. The Balaban J connectivity index is 2.08. The number of anilines is 1. The molecule has 3 nitrogen and oxygen atoms in total. The Hall–Kier alpha value is -1.90. The van der Waals surface area contributed by atoms with Gasteiger partial charge in [0.05, 0.1) is 5.52 Å². The number of aromatic nitrogens is 1. The molecule has 0 N–H and O–H groups in total. The van der Waals surface area contributed by atoms with Crippen LogP contribution in [0.2, 0.25) is 0 Å². The lowest BCUT2D eigenvalue weighted by atomic mass is 10.2. The van der Waals surface area contributed by atoms with Crippen molar-refractivity contribution in [2.24, 2.45) is 0 Å². The van der Waals surface area contributed by atoms with Gasteiger partial charge >= 0.3 is 0 Å². The molecule has 0 aliphatic carbocycles.